The van der Waals surface area contributed by atoms with E-state index in [2.05, 4.69) is 12.3 Å². The average molecular weight is 247 g/mol. The topological polar surface area (TPSA) is 58.4 Å². The zero-order valence-electron chi connectivity index (χ0n) is 11.1. The van der Waals surface area contributed by atoms with E-state index in [-0.39, 0.29) is 5.91 Å². The molecule has 1 saturated carbocycles. The second-order valence-corrected chi connectivity index (χ2v) is 4.90. The molecule has 0 saturated heterocycles. The van der Waals surface area contributed by atoms with Crippen molar-refractivity contribution in [2.75, 3.05) is 12.0 Å². The summed E-state index contributed by atoms with van der Waals surface area (Å²) in [5.41, 5.74) is 5.24. The predicted octanol–water partition coefficient (Wildman–Crippen LogP) is 2.30. The number of nitrogens with one attached hydrogen (secondary N) is 1. The molecule has 0 aromatic heterocycles. The lowest BCUT2D eigenvalue weighted by atomic mass is 10.1. The molecule has 0 bridgehead atoms. The summed E-state index contributed by atoms with van der Waals surface area (Å²) in [5.74, 6) is 5.54. The minimum atomic E-state index is 0.144. The first-order valence-corrected chi connectivity index (χ1v) is 6.55. The highest BCUT2D eigenvalue weighted by atomic mass is 16.2. The number of hydrogen-bond donors (Lipinski definition) is 2. The molecule has 18 heavy (non-hydrogen) atoms. The van der Waals surface area contributed by atoms with Gasteiger partial charge in [-0.25, -0.2) is 0 Å². The van der Waals surface area contributed by atoms with Crippen LogP contribution in [0.25, 0.3) is 0 Å². The van der Waals surface area contributed by atoms with Crippen LogP contribution in [0.5, 0.6) is 0 Å². The normalized spacial score (nSPS) is 14.4. The zero-order valence-corrected chi connectivity index (χ0v) is 11.1. The minimum absolute atomic E-state index is 0.144. The molecule has 1 amide bonds. The second-order valence-electron chi connectivity index (χ2n) is 4.90. The Morgan fingerprint density at radius 1 is 1.50 bits per heavy atom. The van der Waals surface area contributed by atoms with Crippen molar-refractivity contribution in [3.05, 3.63) is 29.3 Å². The maximum Gasteiger partial charge on any atom is 0.254 e. The van der Waals surface area contributed by atoms with Crippen LogP contribution in [-0.2, 0) is 0 Å². The summed E-state index contributed by atoms with van der Waals surface area (Å²) < 4.78 is 0. The van der Waals surface area contributed by atoms with Gasteiger partial charge in [-0.3, -0.25) is 10.6 Å². The Kier molecular flexibility index (Phi) is 3.87. The third-order valence-electron chi connectivity index (χ3n) is 3.34. The highest BCUT2D eigenvalue weighted by Gasteiger charge is 2.32. The molecule has 1 fully saturated rings. The standard InChI is InChI=1S/C14H21N3O/c1-3-8-17(12-5-6-12)14(18)11-4-7-13(16-15)10(2)9-11/h4,7,9,12,16H,3,5-6,8,15H2,1-2H3. The van der Waals surface area contributed by atoms with E-state index in [1.165, 1.54) is 0 Å². The number of nitrogen functional groups attached to an aromatic ring is 1. The Labute approximate surface area is 108 Å². The molecule has 1 aliphatic carbocycles. The van der Waals surface area contributed by atoms with Crippen molar-refractivity contribution >= 4 is 11.6 Å². The molecule has 1 aromatic carbocycles. The van der Waals surface area contributed by atoms with Gasteiger partial charge in [0, 0.05) is 18.2 Å². The van der Waals surface area contributed by atoms with Crippen LogP contribution < -0.4 is 11.3 Å². The Hall–Kier alpha value is -1.55. The Balaban J connectivity index is 2.18. The van der Waals surface area contributed by atoms with Crippen molar-refractivity contribution in [3.8, 4) is 0 Å². The van der Waals surface area contributed by atoms with Gasteiger partial charge in [-0.2, -0.15) is 0 Å². The van der Waals surface area contributed by atoms with Gasteiger partial charge in [0.2, 0.25) is 0 Å². The number of benzene rings is 1. The lowest BCUT2D eigenvalue weighted by Gasteiger charge is -2.22. The van der Waals surface area contributed by atoms with Crippen LogP contribution in [0.3, 0.4) is 0 Å². The first kappa shape index (κ1) is 12.9. The molecule has 98 valence electrons. The highest BCUT2D eigenvalue weighted by molar-refractivity contribution is 5.95. The molecular formula is C14H21N3O. The first-order chi connectivity index (χ1) is 8.67. The number of carbonyl (C=O) groups excluding carboxylic acids is 1. The third kappa shape index (κ3) is 2.64. The molecule has 0 heterocycles. The van der Waals surface area contributed by atoms with E-state index >= 15 is 0 Å². The van der Waals surface area contributed by atoms with Crippen molar-refractivity contribution in [3.63, 3.8) is 0 Å². The Bertz CT molecular complexity index is 441. The molecule has 0 radical (unpaired) electrons. The van der Waals surface area contributed by atoms with Crippen LogP contribution in [0.15, 0.2) is 18.2 Å². The molecule has 0 aliphatic heterocycles. The highest BCUT2D eigenvalue weighted by Crippen LogP contribution is 2.29. The summed E-state index contributed by atoms with van der Waals surface area (Å²) in [6, 6.07) is 6.07. The molecule has 1 aliphatic rings. The summed E-state index contributed by atoms with van der Waals surface area (Å²) in [5, 5.41) is 0. The lowest BCUT2D eigenvalue weighted by molar-refractivity contribution is 0.0743. The largest absolute Gasteiger partial charge is 0.336 e. The number of nitrogens with zero attached hydrogens (tertiary/aromatic N) is 1. The number of nitrogens with two attached hydrogens (primary N) is 1. The molecule has 0 atom stereocenters. The molecule has 4 nitrogen and oxygen atoms in total. The summed E-state index contributed by atoms with van der Waals surface area (Å²) in [4.78, 5) is 14.4. The van der Waals surface area contributed by atoms with Crippen molar-refractivity contribution < 1.29 is 4.79 Å². The maximum atomic E-state index is 12.4. The minimum Gasteiger partial charge on any atom is -0.336 e. The van der Waals surface area contributed by atoms with Crippen molar-refractivity contribution in [2.45, 2.75) is 39.2 Å². The molecule has 3 N–H and O–H groups in total. The zero-order chi connectivity index (χ0) is 13.1. The number of hydrogen-bond acceptors (Lipinski definition) is 3. The SMILES string of the molecule is CCCN(C(=O)c1ccc(NN)c(C)c1)C1CC1. The Morgan fingerprint density at radius 2 is 2.22 bits per heavy atom. The third-order valence-corrected chi connectivity index (χ3v) is 3.34. The van der Waals surface area contributed by atoms with Crippen LogP contribution in [0.1, 0.15) is 42.1 Å². The molecule has 0 unspecified atom stereocenters. The van der Waals surface area contributed by atoms with Crippen LogP contribution in [-0.4, -0.2) is 23.4 Å². The van der Waals surface area contributed by atoms with Gasteiger partial charge >= 0.3 is 0 Å². The van der Waals surface area contributed by atoms with Crippen molar-refractivity contribution in [1.82, 2.24) is 4.90 Å². The maximum absolute atomic E-state index is 12.4. The Morgan fingerprint density at radius 3 is 2.72 bits per heavy atom. The molecule has 1 aromatic rings. The monoisotopic (exact) mass is 247 g/mol. The van der Waals surface area contributed by atoms with E-state index in [4.69, 9.17) is 5.84 Å². The van der Waals surface area contributed by atoms with Crippen LogP contribution in [0.4, 0.5) is 5.69 Å². The van der Waals surface area contributed by atoms with Gasteiger partial charge in [-0.05, 0) is 49.9 Å². The quantitative estimate of drug-likeness (QED) is 0.620. The van der Waals surface area contributed by atoms with E-state index in [0.29, 0.717) is 6.04 Å². The van der Waals surface area contributed by atoms with E-state index in [9.17, 15) is 4.79 Å². The van der Waals surface area contributed by atoms with Gasteiger partial charge in [0.05, 0.1) is 5.69 Å². The number of rotatable bonds is 5. The van der Waals surface area contributed by atoms with E-state index < -0.39 is 0 Å². The second kappa shape index (κ2) is 5.40. The molecule has 4 heteroatoms. The number of hydrazine groups is 1. The van der Waals surface area contributed by atoms with Crippen LogP contribution >= 0.6 is 0 Å². The fourth-order valence-corrected chi connectivity index (χ4v) is 2.20. The van der Waals surface area contributed by atoms with Gasteiger partial charge < -0.3 is 10.3 Å². The van der Waals surface area contributed by atoms with Crippen LogP contribution in [0, 0.1) is 6.92 Å². The fourth-order valence-electron chi connectivity index (χ4n) is 2.20. The van der Waals surface area contributed by atoms with Crippen molar-refractivity contribution in [2.24, 2.45) is 5.84 Å². The summed E-state index contributed by atoms with van der Waals surface area (Å²) in [7, 11) is 0. The van der Waals surface area contributed by atoms with E-state index in [1.54, 1.807) is 0 Å². The summed E-state index contributed by atoms with van der Waals surface area (Å²) in [6.07, 6.45) is 3.30. The van der Waals surface area contributed by atoms with Crippen molar-refractivity contribution in [1.29, 1.82) is 0 Å². The molecule has 2 rings (SSSR count). The number of amides is 1. The summed E-state index contributed by atoms with van der Waals surface area (Å²) in [6.45, 7) is 4.90. The predicted molar refractivity (Wildman–Crippen MR) is 73.3 cm³/mol. The molecular weight excluding hydrogens is 226 g/mol. The van der Waals surface area contributed by atoms with Gasteiger partial charge in [-0.1, -0.05) is 6.92 Å². The van der Waals surface area contributed by atoms with E-state index in [1.807, 2.05) is 30.0 Å². The number of anilines is 1. The van der Waals surface area contributed by atoms with Gasteiger partial charge in [0.15, 0.2) is 0 Å². The first-order valence-electron chi connectivity index (χ1n) is 6.55. The van der Waals surface area contributed by atoms with E-state index in [0.717, 1.165) is 42.6 Å². The average Bonchev–Trinajstić information content (AvgIpc) is 3.19. The molecule has 0 spiro atoms. The number of aryl methyl sites for hydroxylation is 1. The van der Waals surface area contributed by atoms with Crippen LogP contribution in [0.2, 0.25) is 0 Å². The summed E-state index contributed by atoms with van der Waals surface area (Å²) >= 11 is 0. The van der Waals surface area contributed by atoms with Gasteiger partial charge in [0.25, 0.3) is 5.91 Å². The van der Waals surface area contributed by atoms with Gasteiger partial charge in [0.1, 0.15) is 0 Å². The van der Waals surface area contributed by atoms with Gasteiger partial charge in [-0.15, -0.1) is 0 Å². The number of carbonyl (C=O) groups is 1. The fraction of sp³-hybridized carbons (Fsp3) is 0.500. The lowest BCUT2D eigenvalue weighted by Crippen LogP contribution is -2.33. The smallest absolute Gasteiger partial charge is 0.254 e.